The van der Waals surface area contributed by atoms with Crippen molar-refractivity contribution in [1.82, 2.24) is 0 Å². The van der Waals surface area contributed by atoms with Gasteiger partial charge in [-0.3, -0.25) is 9.79 Å². The summed E-state index contributed by atoms with van der Waals surface area (Å²) in [5.74, 6) is -0.859. The highest BCUT2D eigenvalue weighted by Gasteiger charge is 2.35. The summed E-state index contributed by atoms with van der Waals surface area (Å²) in [6, 6.07) is 7.06. The zero-order chi connectivity index (χ0) is 27.5. The SMILES string of the molecule is CCC(=O)CC1(O)CCC1.CCCC(C)=Nc1ccc(C(F)(F)F)cc1C.Cc1cc(F)cc(F)c1. The maximum absolute atomic E-state index is 12.4. The molecule has 0 heterocycles. The lowest BCUT2D eigenvalue weighted by atomic mass is 9.76. The van der Waals surface area contributed by atoms with Gasteiger partial charge in [-0.05, 0) is 87.9 Å². The van der Waals surface area contributed by atoms with Crippen LogP contribution in [0, 0.1) is 25.5 Å². The highest BCUT2D eigenvalue weighted by molar-refractivity contribution is 5.84. The quantitative estimate of drug-likeness (QED) is 0.311. The summed E-state index contributed by atoms with van der Waals surface area (Å²) in [4.78, 5) is 15.2. The van der Waals surface area contributed by atoms with E-state index in [0.717, 1.165) is 56.0 Å². The molecule has 0 aromatic heterocycles. The van der Waals surface area contributed by atoms with Crippen molar-refractivity contribution >= 4 is 17.2 Å². The number of aliphatic hydroxyl groups is 1. The van der Waals surface area contributed by atoms with Gasteiger partial charge in [0.05, 0.1) is 16.9 Å². The smallest absolute Gasteiger partial charge is 0.389 e. The third kappa shape index (κ3) is 11.4. The molecule has 0 bridgehead atoms. The monoisotopic (exact) mass is 513 g/mol. The summed E-state index contributed by atoms with van der Waals surface area (Å²) in [6.07, 6.45) is 1.21. The Morgan fingerprint density at radius 1 is 1.03 bits per heavy atom. The molecule has 3 nitrogen and oxygen atoms in total. The number of aryl methyl sites for hydroxylation is 2. The van der Waals surface area contributed by atoms with Crippen LogP contribution in [-0.4, -0.2) is 22.2 Å². The normalized spacial score (nSPS) is 14.6. The van der Waals surface area contributed by atoms with Crippen LogP contribution in [0.25, 0.3) is 0 Å². The van der Waals surface area contributed by atoms with Crippen LogP contribution in [0.2, 0.25) is 0 Å². The maximum Gasteiger partial charge on any atom is 0.416 e. The number of benzene rings is 2. The van der Waals surface area contributed by atoms with Crippen molar-refractivity contribution in [2.45, 2.75) is 91.3 Å². The van der Waals surface area contributed by atoms with E-state index in [4.69, 9.17) is 0 Å². The van der Waals surface area contributed by atoms with Crippen molar-refractivity contribution in [3.8, 4) is 0 Å². The van der Waals surface area contributed by atoms with E-state index >= 15 is 0 Å². The zero-order valence-electron chi connectivity index (χ0n) is 21.6. The molecule has 0 amide bonds. The van der Waals surface area contributed by atoms with Crippen LogP contribution in [0.15, 0.2) is 41.4 Å². The first-order valence-electron chi connectivity index (χ1n) is 12.1. The summed E-state index contributed by atoms with van der Waals surface area (Å²) in [7, 11) is 0. The fraction of sp³-hybridized carbons (Fsp3) is 0.500. The van der Waals surface area contributed by atoms with Crippen molar-refractivity contribution in [3.63, 3.8) is 0 Å². The summed E-state index contributed by atoms with van der Waals surface area (Å²) >= 11 is 0. The largest absolute Gasteiger partial charge is 0.416 e. The second-order valence-electron chi connectivity index (χ2n) is 9.19. The van der Waals surface area contributed by atoms with E-state index in [2.05, 4.69) is 4.99 Å². The first-order chi connectivity index (χ1) is 16.7. The molecule has 3 rings (SSSR count). The third-order valence-corrected chi connectivity index (χ3v) is 5.66. The number of carbonyl (C=O) groups is 1. The van der Waals surface area contributed by atoms with Gasteiger partial charge in [0, 0.05) is 24.6 Å². The van der Waals surface area contributed by atoms with Gasteiger partial charge in [-0.15, -0.1) is 0 Å². The van der Waals surface area contributed by atoms with Gasteiger partial charge in [0.15, 0.2) is 0 Å². The predicted molar refractivity (Wildman–Crippen MR) is 134 cm³/mol. The number of hydrogen-bond acceptors (Lipinski definition) is 3. The number of Topliss-reactive ketones (excluding diaryl/α,β-unsaturated/α-hetero) is 1. The second-order valence-corrected chi connectivity index (χ2v) is 9.19. The lowest BCUT2D eigenvalue weighted by Crippen LogP contribution is -2.38. The lowest BCUT2D eigenvalue weighted by molar-refractivity contribution is -0.137. The number of aliphatic imine (C=N–C) groups is 1. The van der Waals surface area contributed by atoms with Crippen LogP contribution in [0.3, 0.4) is 0 Å². The number of ketones is 1. The van der Waals surface area contributed by atoms with Gasteiger partial charge < -0.3 is 5.11 Å². The van der Waals surface area contributed by atoms with Crippen LogP contribution in [-0.2, 0) is 11.0 Å². The molecule has 2 aromatic carbocycles. The Morgan fingerprint density at radius 3 is 2.00 bits per heavy atom. The highest BCUT2D eigenvalue weighted by atomic mass is 19.4. The molecule has 1 N–H and O–H groups in total. The number of rotatable bonds is 6. The Hall–Kier alpha value is -2.61. The molecule has 0 unspecified atom stereocenters. The van der Waals surface area contributed by atoms with Gasteiger partial charge in [-0.2, -0.15) is 13.2 Å². The molecule has 36 heavy (non-hydrogen) atoms. The Bertz CT molecular complexity index is 977. The topological polar surface area (TPSA) is 49.7 Å². The Balaban J connectivity index is 0.000000290. The van der Waals surface area contributed by atoms with E-state index < -0.39 is 29.0 Å². The van der Waals surface area contributed by atoms with E-state index in [1.807, 2.05) is 20.8 Å². The molecule has 0 atom stereocenters. The maximum atomic E-state index is 12.4. The minimum atomic E-state index is -4.29. The van der Waals surface area contributed by atoms with Crippen molar-refractivity contribution in [2.75, 3.05) is 0 Å². The fourth-order valence-electron chi connectivity index (χ4n) is 3.53. The number of nitrogens with zero attached hydrogens (tertiary/aromatic N) is 1. The molecule has 2 aromatic rings. The predicted octanol–water partition coefficient (Wildman–Crippen LogP) is 8.45. The van der Waals surface area contributed by atoms with Crippen LogP contribution in [0.4, 0.5) is 27.6 Å². The van der Waals surface area contributed by atoms with Crippen LogP contribution < -0.4 is 0 Å². The standard InChI is InChI=1S/C13H16F3N.C8H14O2.C7H6F2/c1-4-5-10(3)17-12-7-6-11(8-9(12)2)13(14,15)16;1-2-7(9)6-8(10)4-3-5-8;1-5-2-6(8)4-7(9)3-5/h6-8H,4-5H2,1-3H3;10H,2-6H2,1H3;2-4H,1H3. The van der Waals surface area contributed by atoms with E-state index in [-0.39, 0.29) is 5.78 Å². The number of hydrogen-bond donors (Lipinski definition) is 1. The number of halogens is 5. The molecule has 0 aliphatic heterocycles. The van der Waals surface area contributed by atoms with Crippen molar-refractivity contribution in [1.29, 1.82) is 0 Å². The summed E-state index contributed by atoms with van der Waals surface area (Å²) in [5.41, 5.74) is 1.48. The molecule has 1 aliphatic carbocycles. The highest BCUT2D eigenvalue weighted by Crippen LogP contribution is 2.35. The van der Waals surface area contributed by atoms with Gasteiger partial charge in [-0.1, -0.05) is 20.3 Å². The third-order valence-electron chi connectivity index (χ3n) is 5.66. The molecular formula is C28H36F5NO2. The lowest BCUT2D eigenvalue weighted by Gasteiger charge is -2.35. The first kappa shape index (κ1) is 31.4. The molecule has 0 saturated heterocycles. The average Bonchev–Trinajstić information content (AvgIpc) is 2.73. The summed E-state index contributed by atoms with van der Waals surface area (Å²) in [6.45, 7) is 9.06. The van der Waals surface area contributed by atoms with Crippen LogP contribution in [0.5, 0.6) is 0 Å². The van der Waals surface area contributed by atoms with Crippen LogP contribution in [0.1, 0.15) is 82.4 Å². The van der Waals surface area contributed by atoms with E-state index in [1.165, 1.54) is 18.2 Å². The van der Waals surface area contributed by atoms with Gasteiger partial charge in [-0.25, -0.2) is 8.78 Å². The van der Waals surface area contributed by atoms with E-state index in [9.17, 15) is 31.9 Å². The van der Waals surface area contributed by atoms with Crippen molar-refractivity contribution < 1.29 is 31.9 Å². The minimum absolute atomic E-state index is 0.183. The molecule has 8 heteroatoms. The molecule has 1 fully saturated rings. The van der Waals surface area contributed by atoms with Gasteiger partial charge in [0.1, 0.15) is 17.4 Å². The van der Waals surface area contributed by atoms with Gasteiger partial charge in [0.25, 0.3) is 0 Å². The Labute approximate surface area is 210 Å². The average molecular weight is 514 g/mol. The van der Waals surface area contributed by atoms with Crippen LogP contribution >= 0.6 is 0 Å². The summed E-state index contributed by atoms with van der Waals surface area (Å²) < 4.78 is 61.7. The zero-order valence-corrected chi connectivity index (χ0v) is 21.6. The second kappa shape index (κ2) is 14.2. The summed E-state index contributed by atoms with van der Waals surface area (Å²) in [5, 5.41) is 9.49. The van der Waals surface area contributed by atoms with Gasteiger partial charge in [0.2, 0.25) is 0 Å². The molecule has 200 valence electrons. The van der Waals surface area contributed by atoms with Gasteiger partial charge >= 0.3 is 6.18 Å². The first-order valence-corrected chi connectivity index (χ1v) is 12.1. The molecule has 1 saturated carbocycles. The molecular weight excluding hydrogens is 477 g/mol. The fourth-order valence-corrected chi connectivity index (χ4v) is 3.53. The Morgan fingerprint density at radius 2 is 1.61 bits per heavy atom. The minimum Gasteiger partial charge on any atom is -0.389 e. The van der Waals surface area contributed by atoms with E-state index in [0.29, 0.717) is 29.7 Å². The molecule has 0 radical (unpaired) electrons. The van der Waals surface area contributed by atoms with Crippen molar-refractivity contribution in [2.24, 2.45) is 4.99 Å². The number of alkyl halides is 3. The Kier molecular flexibility index (Phi) is 12.4. The molecule has 1 aliphatic rings. The number of carbonyl (C=O) groups excluding carboxylic acids is 1. The van der Waals surface area contributed by atoms with E-state index in [1.54, 1.807) is 13.8 Å². The molecule has 0 spiro atoms. The van der Waals surface area contributed by atoms with Crippen molar-refractivity contribution in [3.05, 3.63) is 64.7 Å².